The van der Waals surface area contributed by atoms with Crippen molar-refractivity contribution in [3.63, 3.8) is 0 Å². The van der Waals surface area contributed by atoms with Crippen molar-refractivity contribution >= 4 is 21.8 Å². The van der Waals surface area contributed by atoms with E-state index in [2.05, 4.69) is 26.1 Å². The average Bonchev–Trinajstić information content (AvgIpc) is 2.69. The first-order valence-electron chi connectivity index (χ1n) is 5.33. The summed E-state index contributed by atoms with van der Waals surface area (Å²) in [6.07, 6.45) is 1.72. The summed E-state index contributed by atoms with van der Waals surface area (Å²) in [5, 5.41) is 11.9. The molecule has 6 heteroatoms. The Balaban J connectivity index is 2.68. The van der Waals surface area contributed by atoms with Gasteiger partial charge in [0, 0.05) is 15.7 Å². The van der Waals surface area contributed by atoms with Crippen LogP contribution in [0.2, 0.25) is 0 Å². The van der Waals surface area contributed by atoms with Gasteiger partial charge in [-0.25, -0.2) is 4.98 Å². The molecule has 3 N–H and O–H groups in total. The number of hydrogen-bond acceptors (Lipinski definition) is 3. The second-order valence-electron chi connectivity index (χ2n) is 3.93. The minimum absolute atomic E-state index is 0.0667. The highest BCUT2D eigenvalue weighted by Gasteiger charge is 2.12. The van der Waals surface area contributed by atoms with E-state index in [1.807, 2.05) is 30.5 Å². The van der Waals surface area contributed by atoms with Gasteiger partial charge in [0.15, 0.2) is 5.84 Å². The largest absolute Gasteiger partial charge is 0.409 e. The maximum Gasteiger partial charge on any atom is 0.172 e. The fraction of sp³-hybridized carbons (Fsp3) is 0.167. The fourth-order valence-electron chi connectivity index (χ4n) is 1.72. The quantitative estimate of drug-likeness (QED) is 0.387. The van der Waals surface area contributed by atoms with Gasteiger partial charge in [-0.3, -0.25) is 0 Å². The van der Waals surface area contributed by atoms with Gasteiger partial charge in [-0.05, 0) is 32.0 Å². The molecule has 94 valence electrons. The third kappa shape index (κ3) is 2.11. The minimum Gasteiger partial charge on any atom is -0.409 e. The van der Waals surface area contributed by atoms with Gasteiger partial charge in [0.2, 0.25) is 0 Å². The van der Waals surface area contributed by atoms with Crippen LogP contribution in [0.15, 0.2) is 34.2 Å². The van der Waals surface area contributed by atoms with E-state index in [0.717, 1.165) is 21.5 Å². The van der Waals surface area contributed by atoms with Crippen LogP contribution in [0.3, 0.4) is 0 Å². The Labute approximate surface area is 113 Å². The number of benzene rings is 1. The third-order valence-corrected chi connectivity index (χ3v) is 3.35. The summed E-state index contributed by atoms with van der Waals surface area (Å²) in [7, 11) is 0. The van der Waals surface area contributed by atoms with Crippen LogP contribution in [-0.4, -0.2) is 20.6 Å². The molecule has 0 atom stereocenters. The van der Waals surface area contributed by atoms with Crippen LogP contribution in [0.4, 0.5) is 0 Å². The number of imidazole rings is 1. The van der Waals surface area contributed by atoms with Gasteiger partial charge in [-0.1, -0.05) is 21.1 Å². The normalized spacial score (nSPS) is 11.8. The first-order chi connectivity index (χ1) is 8.54. The van der Waals surface area contributed by atoms with Gasteiger partial charge in [-0.2, -0.15) is 0 Å². The summed E-state index contributed by atoms with van der Waals surface area (Å²) in [6.45, 7) is 3.91. The first kappa shape index (κ1) is 12.6. The van der Waals surface area contributed by atoms with Crippen molar-refractivity contribution < 1.29 is 5.21 Å². The zero-order valence-corrected chi connectivity index (χ0v) is 11.6. The molecule has 0 saturated carbocycles. The minimum atomic E-state index is 0.0667. The number of halogens is 1. The molecule has 0 spiro atoms. The van der Waals surface area contributed by atoms with E-state index in [1.54, 1.807) is 12.4 Å². The highest BCUT2D eigenvalue weighted by Crippen LogP contribution is 2.22. The maximum absolute atomic E-state index is 8.85. The molecule has 18 heavy (non-hydrogen) atoms. The van der Waals surface area contributed by atoms with Crippen molar-refractivity contribution in [2.75, 3.05) is 0 Å². The molecular weight excluding hydrogens is 296 g/mol. The van der Waals surface area contributed by atoms with E-state index in [4.69, 9.17) is 10.9 Å². The van der Waals surface area contributed by atoms with E-state index < -0.39 is 0 Å². The summed E-state index contributed by atoms with van der Waals surface area (Å²) in [6, 6.07) is 5.60. The molecule has 1 heterocycles. The monoisotopic (exact) mass is 308 g/mol. The maximum atomic E-state index is 8.85. The van der Waals surface area contributed by atoms with Crippen molar-refractivity contribution in [1.82, 2.24) is 9.55 Å². The zero-order chi connectivity index (χ0) is 13.3. The summed E-state index contributed by atoms with van der Waals surface area (Å²) >= 11 is 3.37. The SMILES string of the molecule is Cc1ncn(-c2ccc(Br)cc2/C(N)=N/O)c1C. The molecule has 2 rings (SSSR count). The van der Waals surface area contributed by atoms with E-state index >= 15 is 0 Å². The Morgan fingerprint density at radius 3 is 2.72 bits per heavy atom. The van der Waals surface area contributed by atoms with Gasteiger partial charge in [0.05, 0.1) is 17.7 Å². The fourth-order valence-corrected chi connectivity index (χ4v) is 2.08. The van der Waals surface area contributed by atoms with E-state index in [9.17, 15) is 0 Å². The molecule has 1 aromatic carbocycles. The predicted octanol–water partition coefficient (Wildman–Crippen LogP) is 2.35. The van der Waals surface area contributed by atoms with Crippen molar-refractivity contribution in [2.45, 2.75) is 13.8 Å². The number of aryl methyl sites for hydroxylation is 1. The topological polar surface area (TPSA) is 76.4 Å². The molecule has 0 amide bonds. The van der Waals surface area contributed by atoms with Crippen LogP contribution in [0.25, 0.3) is 5.69 Å². The summed E-state index contributed by atoms with van der Waals surface area (Å²) in [5.41, 5.74) is 9.14. The Morgan fingerprint density at radius 2 is 2.17 bits per heavy atom. The number of oxime groups is 1. The lowest BCUT2D eigenvalue weighted by molar-refractivity contribution is 0.318. The highest BCUT2D eigenvalue weighted by molar-refractivity contribution is 9.10. The van der Waals surface area contributed by atoms with Crippen LogP contribution < -0.4 is 5.73 Å². The molecule has 0 bridgehead atoms. The van der Waals surface area contributed by atoms with Crippen LogP contribution in [0, 0.1) is 13.8 Å². The molecule has 0 unspecified atom stereocenters. The second kappa shape index (κ2) is 4.81. The van der Waals surface area contributed by atoms with Crippen molar-refractivity contribution in [2.24, 2.45) is 10.9 Å². The van der Waals surface area contributed by atoms with Gasteiger partial charge in [0.1, 0.15) is 0 Å². The van der Waals surface area contributed by atoms with Crippen LogP contribution >= 0.6 is 15.9 Å². The Hall–Kier alpha value is -1.82. The molecular formula is C12H13BrN4O. The zero-order valence-electron chi connectivity index (χ0n) is 10.1. The molecule has 2 aromatic rings. The number of amidine groups is 1. The van der Waals surface area contributed by atoms with Crippen LogP contribution in [-0.2, 0) is 0 Å². The molecule has 0 aliphatic heterocycles. The first-order valence-corrected chi connectivity index (χ1v) is 6.12. The summed E-state index contributed by atoms with van der Waals surface area (Å²) in [4.78, 5) is 4.25. The van der Waals surface area contributed by atoms with Crippen molar-refractivity contribution in [3.05, 3.63) is 46.0 Å². The van der Waals surface area contributed by atoms with E-state index in [-0.39, 0.29) is 5.84 Å². The number of hydrogen-bond donors (Lipinski definition) is 2. The van der Waals surface area contributed by atoms with Gasteiger partial charge in [-0.15, -0.1) is 0 Å². The lowest BCUT2D eigenvalue weighted by Gasteiger charge is -2.11. The Bertz CT molecular complexity index is 619. The lowest BCUT2D eigenvalue weighted by atomic mass is 10.1. The average molecular weight is 309 g/mol. The van der Waals surface area contributed by atoms with Crippen molar-refractivity contribution in [1.29, 1.82) is 0 Å². The summed E-state index contributed by atoms with van der Waals surface area (Å²) in [5.74, 6) is 0.0667. The summed E-state index contributed by atoms with van der Waals surface area (Å²) < 4.78 is 2.78. The molecule has 1 aromatic heterocycles. The highest BCUT2D eigenvalue weighted by atomic mass is 79.9. The predicted molar refractivity (Wildman–Crippen MR) is 73.2 cm³/mol. The second-order valence-corrected chi connectivity index (χ2v) is 4.85. The Kier molecular flexibility index (Phi) is 3.38. The third-order valence-electron chi connectivity index (χ3n) is 2.85. The standard InChI is InChI=1S/C12H13BrN4O/c1-7-8(2)17(6-15-7)11-4-3-9(13)5-10(11)12(14)16-18/h3-6,18H,1-2H3,(H2,14,16). The number of rotatable bonds is 2. The van der Waals surface area contributed by atoms with Gasteiger partial charge in [0.25, 0.3) is 0 Å². The lowest BCUT2D eigenvalue weighted by Crippen LogP contribution is -2.16. The molecule has 0 fully saturated rings. The van der Waals surface area contributed by atoms with Crippen molar-refractivity contribution in [3.8, 4) is 5.69 Å². The molecule has 5 nitrogen and oxygen atoms in total. The van der Waals surface area contributed by atoms with Gasteiger partial charge < -0.3 is 15.5 Å². The van der Waals surface area contributed by atoms with Crippen LogP contribution in [0.1, 0.15) is 17.0 Å². The molecule has 0 aliphatic rings. The molecule has 0 saturated heterocycles. The Morgan fingerprint density at radius 1 is 1.44 bits per heavy atom. The number of nitrogens with zero attached hydrogens (tertiary/aromatic N) is 3. The van der Waals surface area contributed by atoms with E-state index in [0.29, 0.717) is 5.56 Å². The van der Waals surface area contributed by atoms with Crippen LogP contribution in [0.5, 0.6) is 0 Å². The molecule has 0 radical (unpaired) electrons. The number of nitrogens with two attached hydrogens (primary N) is 1. The van der Waals surface area contributed by atoms with Gasteiger partial charge >= 0.3 is 0 Å². The smallest absolute Gasteiger partial charge is 0.172 e. The molecule has 0 aliphatic carbocycles. The van der Waals surface area contributed by atoms with E-state index in [1.165, 1.54) is 0 Å². The number of aromatic nitrogens is 2.